The first kappa shape index (κ1) is 19.9. The Kier molecular flexibility index (Phi) is 5.47. The van der Waals surface area contributed by atoms with Gasteiger partial charge in [-0.05, 0) is 31.2 Å². The van der Waals surface area contributed by atoms with Crippen molar-refractivity contribution < 1.29 is 27.7 Å². The molecule has 12 heteroatoms. The molecule has 0 unspecified atom stereocenters. The van der Waals surface area contributed by atoms with Gasteiger partial charge in [0.05, 0.1) is 4.92 Å². The Bertz CT molecular complexity index is 890. The van der Waals surface area contributed by atoms with E-state index in [1.54, 1.807) is 0 Å². The van der Waals surface area contributed by atoms with Gasteiger partial charge >= 0.3 is 11.9 Å². The second-order valence-corrected chi connectivity index (χ2v) is 5.50. The molecular weight excluding hydrogens is 371 g/mol. The molecule has 0 saturated carbocycles. The number of amides is 2. The lowest BCUT2D eigenvalue weighted by Gasteiger charge is -2.08. The SMILES string of the molecule is CC(=O)Nc1ccc(NC(=O)Cn2nc(C(F)(F)F)c([N+](=O)[O-])c2C)cc1. The number of nitrogens with zero attached hydrogens (tertiary/aromatic N) is 3. The van der Waals surface area contributed by atoms with Crippen molar-refractivity contribution in [2.45, 2.75) is 26.6 Å². The number of halogens is 3. The molecule has 2 amide bonds. The van der Waals surface area contributed by atoms with E-state index in [1.807, 2.05) is 0 Å². The summed E-state index contributed by atoms with van der Waals surface area (Å²) in [5.74, 6) is -1.00. The van der Waals surface area contributed by atoms with Crippen LogP contribution in [0.5, 0.6) is 0 Å². The zero-order valence-corrected chi connectivity index (χ0v) is 14.1. The lowest BCUT2D eigenvalue weighted by atomic mass is 10.2. The van der Waals surface area contributed by atoms with Crippen LogP contribution in [0.4, 0.5) is 30.2 Å². The van der Waals surface area contributed by atoms with Crippen molar-refractivity contribution in [3.05, 3.63) is 45.8 Å². The van der Waals surface area contributed by atoms with Gasteiger partial charge in [0.2, 0.25) is 17.5 Å². The monoisotopic (exact) mass is 385 g/mol. The smallest absolute Gasteiger partial charge is 0.326 e. The molecule has 2 N–H and O–H groups in total. The average Bonchev–Trinajstić information content (AvgIpc) is 2.86. The molecule has 0 spiro atoms. The number of nitro groups is 1. The van der Waals surface area contributed by atoms with Crippen molar-refractivity contribution >= 4 is 28.9 Å². The number of anilines is 2. The lowest BCUT2D eigenvalue weighted by Crippen LogP contribution is -2.20. The van der Waals surface area contributed by atoms with Gasteiger partial charge < -0.3 is 10.6 Å². The predicted octanol–water partition coefficient (Wildman–Crippen LogP) is 2.72. The Balaban J connectivity index is 2.16. The number of hydrogen-bond donors (Lipinski definition) is 2. The number of benzene rings is 1. The molecule has 0 aliphatic heterocycles. The molecule has 0 saturated heterocycles. The fourth-order valence-corrected chi connectivity index (χ4v) is 2.28. The van der Waals surface area contributed by atoms with Crippen molar-refractivity contribution in [1.29, 1.82) is 0 Å². The molecule has 1 heterocycles. The van der Waals surface area contributed by atoms with Crippen LogP contribution in [0.2, 0.25) is 0 Å². The lowest BCUT2D eigenvalue weighted by molar-refractivity contribution is -0.388. The summed E-state index contributed by atoms with van der Waals surface area (Å²) in [4.78, 5) is 32.7. The van der Waals surface area contributed by atoms with Gasteiger partial charge in [0.1, 0.15) is 12.2 Å². The molecule has 0 fully saturated rings. The summed E-state index contributed by atoms with van der Waals surface area (Å²) in [7, 11) is 0. The van der Waals surface area contributed by atoms with Gasteiger partial charge in [0.25, 0.3) is 0 Å². The van der Waals surface area contributed by atoms with Crippen molar-refractivity contribution in [1.82, 2.24) is 9.78 Å². The number of rotatable bonds is 5. The molecule has 1 aromatic heterocycles. The maximum absolute atomic E-state index is 12.9. The topological polar surface area (TPSA) is 119 Å². The third-order valence-corrected chi connectivity index (χ3v) is 3.41. The zero-order valence-electron chi connectivity index (χ0n) is 14.1. The molecule has 0 aliphatic rings. The Hall–Kier alpha value is -3.44. The van der Waals surface area contributed by atoms with E-state index >= 15 is 0 Å². The van der Waals surface area contributed by atoms with Crippen molar-refractivity contribution in [2.75, 3.05) is 10.6 Å². The van der Waals surface area contributed by atoms with Crippen molar-refractivity contribution in [3.63, 3.8) is 0 Å². The molecule has 2 rings (SSSR count). The Labute approximate surface area is 150 Å². The van der Waals surface area contributed by atoms with Crippen molar-refractivity contribution in [3.8, 4) is 0 Å². The summed E-state index contributed by atoms with van der Waals surface area (Å²) in [5.41, 5.74) is -2.41. The van der Waals surface area contributed by atoms with Crippen LogP contribution in [0.3, 0.4) is 0 Å². The molecule has 9 nitrogen and oxygen atoms in total. The van der Waals surface area contributed by atoms with Crippen LogP contribution < -0.4 is 10.6 Å². The van der Waals surface area contributed by atoms with E-state index < -0.39 is 34.9 Å². The molecule has 1 aromatic carbocycles. The van der Waals surface area contributed by atoms with Gasteiger partial charge in [0, 0.05) is 18.3 Å². The first-order valence-corrected chi connectivity index (χ1v) is 7.45. The van der Waals surface area contributed by atoms with E-state index in [0.29, 0.717) is 16.1 Å². The minimum Gasteiger partial charge on any atom is -0.326 e. The van der Waals surface area contributed by atoms with Crippen LogP contribution in [-0.2, 0) is 22.3 Å². The van der Waals surface area contributed by atoms with Crippen molar-refractivity contribution in [2.24, 2.45) is 0 Å². The molecular formula is C15H14F3N5O4. The second kappa shape index (κ2) is 7.43. The van der Waals surface area contributed by atoms with Crippen LogP contribution in [-0.4, -0.2) is 26.5 Å². The summed E-state index contributed by atoms with van der Waals surface area (Å²) < 4.78 is 39.3. The molecule has 0 radical (unpaired) electrons. The third kappa shape index (κ3) is 4.80. The summed E-state index contributed by atoms with van der Waals surface area (Å²) in [6.07, 6.45) is -5.02. The Morgan fingerprint density at radius 1 is 1.19 bits per heavy atom. The molecule has 144 valence electrons. The molecule has 2 aromatic rings. The number of aromatic nitrogens is 2. The van der Waals surface area contributed by atoms with E-state index in [1.165, 1.54) is 31.2 Å². The largest absolute Gasteiger partial charge is 0.442 e. The van der Waals surface area contributed by atoms with Crippen LogP contribution >= 0.6 is 0 Å². The number of hydrogen-bond acceptors (Lipinski definition) is 5. The Morgan fingerprint density at radius 3 is 2.11 bits per heavy atom. The maximum Gasteiger partial charge on any atom is 0.442 e. The van der Waals surface area contributed by atoms with Crippen LogP contribution in [0.25, 0.3) is 0 Å². The average molecular weight is 385 g/mol. The van der Waals surface area contributed by atoms with Crippen LogP contribution in [0.15, 0.2) is 24.3 Å². The van der Waals surface area contributed by atoms with Gasteiger partial charge in [-0.15, -0.1) is 0 Å². The minimum atomic E-state index is -5.02. The van der Waals surface area contributed by atoms with Crippen LogP contribution in [0, 0.1) is 17.0 Å². The fourth-order valence-electron chi connectivity index (χ4n) is 2.28. The highest BCUT2D eigenvalue weighted by Gasteiger charge is 2.44. The minimum absolute atomic E-state index is 0.275. The van der Waals surface area contributed by atoms with E-state index in [0.717, 1.165) is 6.92 Å². The van der Waals surface area contributed by atoms with Gasteiger partial charge in [-0.1, -0.05) is 0 Å². The summed E-state index contributed by atoms with van der Waals surface area (Å²) in [6.45, 7) is 1.77. The number of nitrogens with one attached hydrogen (secondary N) is 2. The maximum atomic E-state index is 12.9. The highest BCUT2D eigenvalue weighted by atomic mass is 19.4. The van der Waals surface area contributed by atoms with Gasteiger partial charge in [-0.2, -0.15) is 18.3 Å². The van der Waals surface area contributed by atoms with Crippen LogP contribution in [0.1, 0.15) is 18.3 Å². The van der Waals surface area contributed by atoms with E-state index in [-0.39, 0.29) is 11.6 Å². The normalized spacial score (nSPS) is 11.1. The van der Waals surface area contributed by atoms with E-state index in [4.69, 9.17) is 0 Å². The second-order valence-electron chi connectivity index (χ2n) is 5.50. The highest BCUT2D eigenvalue weighted by molar-refractivity contribution is 5.92. The molecule has 0 aliphatic carbocycles. The fraction of sp³-hybridized carbons (Fsp3) is 0.267. The first-order valence-electron chi connectivity index (χ1n) is 7.45. The molecule has 0 atom stereocenters. The predicted molar refractivity (Wildman–Crippen MR) is 88.0 cm³/mol. The van der Waals surface area contributed by atoms with Gasteiger partial charge in [-0.25, -0.2) is 0 Å². The quantitative estimate of drug-likeness (QED) is 0.606. The number of carbonyl (C=O) groups excluding carboxylic acids is 2. The van der Waals surface area contributed by atoms with Gasteiger partial charge in [0.15, 0.2) is 0 Å². The summed E-state index contributed by atoms with van der Waals surface area (Å²) >= 11 is 0. The van der Waals surface area contributed by atoms with E-state index in [9.17, 15) is 32.9 Å². The standard InChI is InChI=1S/C15H14F3N5O4/c1-8-13(23(26)27)14(15(16,17)18)21-22(8)7-12(25)20-11-5-3-10(4-6-11)19-9(2)24/h3-6H,7H2,1-2H3,(H,19,24)(H,20,25). The molecule has 0 bridgehead atoms. The zero-order chi connectivity index (χ0) is 20.4. The highest BCUT2D eigenvalue weighted by Crippen LogP contribution is 2.36. The number of alkyl halides is 3. The first-order chi connectivity index (χ1) is 12.5. The van der Waals surface area contributed by atoms with Gasteiger partial charge in [-0.3, -0.25) is 24.4 Å². The Morgan fingerprint density at radius 2 is 1.70 bits per heavy atom. The molecule has 27 heavy (non-hydrogen) atoms. The number of carbonyl (C=O) groups is 2. The van der Waals surface area contributed by atoms with E-state index in [2.05, 4.69) is 15.7 Å². The summed E-state index contributed by atoms with van der Waals surface area (Å²) in [5, 5.41) is 19.0. The third-order valence-electron chi connectivity index (χ3n) is 3.41. The summed E-state index contributed by atoms with van der Waals surface area (Å²) in [6, 6.07) is 5.98.